The van der Waals surface area contributed by atoms with Crippen LogP contribution in [0.2, 0.25) is 0 Å². The average molecular weight is 1190 g/mol. The SMILES string of the molecule is CCCCCCC/C=C\CCCCCCCC(=O)OCCCCCCCCCCCCCCCCCCCCCCCCCCCCCCCCCC(=O)NC(CO)C(O)CCCCCCCCCCCCCCCCCCCCCCCC. The Morgan fingerprint density at radius 2 is 0.560 bits per heavy atom. The van der Waals surface area contributed by atoms with Gasteiger partial charge in [0, 0.05) is 12.8 Å². The Hall–Kier alpha value is -1.40. The summed E-state index contributed by atoms with van der Waals surface area (Å²) in [5.74, 6) is -0.0117. The van der Waals surface area contributed by atoms with Crippen LogP contribution in [0.5, 0.6) is 0 Å². The van der Waals surface area contributed by atoms with Gasteiger partial charge in [-0.25, -0.2) is 0 Å². The zero-order valence-electron chi connectivity index (χ0n) is 57.4. The summed E-state index contributed by atoms with van der Waals surface area (Å²) >= 11 is 0. The summed E-state index contributed by atoms with van der Waals surface area (Å²) < 4.78 is 5.49. The second-order valence-electron chi connectivity index (χ2n) is 27.0. The van der Waals surface area contributed by atoms with E-state index in [9.17, 15) is 19.8 Å². The first-order valence-electron chi connectivity index (χ1n) is 38.9. The Morgan fingerprint density at radius 1 is 0.321 bits per heavy atom. The molecule has 2 atom stereocenters. The summed E-state index contributed by atoms with van der Waals surface area (Å²) in [5.41, 5.74) is 0. The van der Waals surface area contributed by atoms with E-state index < -0.39 is 12.1 Å². The molecule has 6 nitrogen and oxygen atoms in total. The molecule has 0 bridgehead atoms. The number of carbonyl (C=O) groups is 2. The van der Waals surface area contributed by atoms with Gasteiger partial charge in [-0.3, -0.25) is 9.59 Å². The molecule has 0 fully saturated rings. The standard InChI is InChI=1S/C78H153NO5/c1-3-5-7-9-11-13-15-17-19-20-21-22-34-37-40-43-46-50-54-58-62-66-70-76(81)75(74-80)79-77(82)71-67-63-59-55-51-47-44-41-38-35-32-30-28-26-24-23-25-27-29-31-33-36-39-42-45-49-53-57-61-65-69-73-84-78(83)72-68-64-60-56-52-48-18-16-14-12-10-8-6-4-2/h16,18,75-76,80-81H,3-15,17,19-74H2,1-2H3,(H,79,82)/b18-16-. The van der Waals surface area contributed by atoms with Gasteiger partial charge in [-0.05, 0) is 51.4 Å². The number of unbranched alkanes of at least 4 members (excludes halogenated alkanes) is 61. The van der Waals surface area contributed by atoms with Crippen molar-refractivity contribution in [2.24, 2.45) is 0 Å². The van der Waals surface area contributed by atoms with Crippen molar-refractivity contribution in [3.63, 3.8) is 0 Å². The maximum absolute atomic E-state index is 12.6. The molecule has 0 aromatic rings. The Kier molecular flexibility index (Phi) is 72.8. The van der Waals surface area contributed by atoms with Gasteiger partial charge in [-0.15, -0.1) is 0 Å². The van der Waals surface area contributed by atoms with Gasteiger partial charge < -0.3 is 20.3 Å². The van der Waals surface area contributed by atoms with E-state index >= 15 is 0 Å². The minimum atomic E-state index is -0.662. The molecule has 3 N–H and O–H groups in total. The fraction of sp³-hybridized carbons (Fsp3) is 0.949. The van der Waals surface area contributed by atoms with Crippen LogP contribution >= 0.6 is 0 Å². The molecule has 1 amide bonds. The fourth-order valence-electron chi connectivity index (χ4n) is 12.6. The molecular weight excluding hydrogens is 1030 g/mol. The predicted molar refractivity (Wildman–Crippen MR) is 370 cm³/mol. The minimum absolute atomic E-state index is 0.0133. The van der Waals surface area contributed by atoms with Crippen LogP contribution in [0, 0.1) is 0 Å². The topological polar surface area (TPSA) is 95.9 Å². The molecule has 500 valence electrons. The third-order valence-electron chi connectivity index (χ3n) is 18.6. The fourth-order valence-corrected chi connectivity index (χ4v) is 12.6. The van der Waals surface area contributed by atoms with E-state index in [1.807, 2.05) is 0 Å². The highest BCUT2D eigenvalue weighted by Crippen LogP contribution is 2.20. The molecule has 0 radical (unpaired) electrons. The van der Waals surface area contributed by atoms with Crippen LogP contribution in [0.4, 0.5) is 0 Å². The number of hydrogen-bond acceptors (Lipinski definition) is 5. The zero-order chi connectivity index (χ0) is 60.6. The summed E-state index contributed by atoms with van der Waals surface area (Å²) in [6.07, 6.45) is 93.0. The lowest BCUT2D eigenvalue weighted by atomic mass is 10.0. The molecule has 0 aliphatic heterocycles. The summed E-state index contributed by atoms with van der Waals surface area (Å²) in [4.78, 5) is 24.6. The molecule has 0 saturated carbocycles. The molecule has 0 spiro atoms. The number of aliphatic hydroxyl groups excluding tert-OH is 2. The first-order valence-corrected chi connectivity index (χ1v) is 38.9. The molecule has 2 unspecified atom stereocenters. The van der Waals surface area contributed by atoms with Crippen molar-refractivity contribution in [2.45, 2.75) is 463 Å². The third-order valence-corrected chi connectivity index (χ3v) is 18.6. The number of hydrogen-bond donors (Lipinski definition) is 3. The van der Waals surface area contributed by atoms with Crippen LogP contribution in [0.15, 0.2) is 12.2 Å². The second kappa shape index (κ2) is 74.1. The monoisotopic (exact) mass is 1180 g/mol. The van der Waals surface area contributed by atoms with Crippen LogP contribution in [-0.2, 0) is 14.3 Å². The summed E-state index contributed by atoms with van der Waals surface area (Å²) in [5, 5.41) is 23.5. The van der Waals surface area contributed by atoms with Crippen molar-refractivity contribution in [2.75, 3.05) is 13.2 Å². The Morgan fingerprint density at radius 3 is 0.845 bits per heavy atom. The number of aliphatic hydroxyl groups is 2. The van der Waals surface area contributed by atoms with Gasteiger partial charge in [-0.1, -0.05) is 398 Å². The number of nitrogens with one attached hydrogen (secondary N) is 1. The van der Waals surface area contributed by atoms with Gasteiger partial charge in [0.25, 0.3) is 0 Å². The Bertz CT molecular complexity index is 1270. The van der Waals surface area contributed by atoms with E-state index in [1.165, 1.54) is 372 Å². The zero-order valence-corrected chi connectivity index (χ0v) is 57.4. The molecule has 0 aromatic carbocycles. The number of rotatable bonds is 74. The first-order chi connectivity index (χ1) is 41.5. The lowest BCUT2D eigenvalue weighted by molar-refractivity contribution is -0.143. The van der Waals surface area contributed by atoms with Gasteiger partial charge in [0.05, 0.1) is 25.4 Å². The lowest BCUT2D eigenvalue weighted by Crippen LogP contribution is -2.45. The van der Waals surface area contributed by atoms with Crippen molar-refractivity contribution < 1.29 is 24.5 Å². The third kappa shape index (κ3) is 69.7. The van der Waals surface area contributed by atoms with Gasteiger partial charge in [-0.2, -0.15) is 0 Å². The average Bonchev–Trinajstić information content (AvgIpc) is 3.51. The van der Waals surface area contributed by atoms with E-state index in [0.29, 0.717) is 25.9 Å². The van der Waals surface area contributed by atoms with Crippen molar-refractivity contribution in [1.29, 1.82) is 0 Å². The second-order valence-corrected chi connectivity index (χ2v) is 27.0. The highest BCUT2D eigenvalue weighted by Gasteiger charge is 2.20. The maximum Gasteiger partial charge on any atom is 0.305 e. The molecule has 0 rings (SSSR count). The highest BCUT2D eigenvalue weighted by molar-refractivity contribution is 5.76. The largest absolute Gasteiger partial charge is 0.466 e. The minimum Gasteiger partial charge on any atom is -0.466 e. The molecule has 84 heavy (non-hydrogen) atoms. The van der Waals surface area contributed by atoms with E-state index in [4.69, 9.17) is 4.74 Å². The molecule has 0 aliphatic carbocycles. The highest BCUT2D eigenvalue weighted by atomic mass is 16.5. The molecular formula is C78H153NO5. The smallest absolute Gasteiger partial charge is 0.305 e. The summed E-state index contributed by atoms with van der Waals surface area (Å²) in [7, 11) is 0. The number of esters is 1. The van der Waals surface area contributed by atoms with E-state index in [2.05, 4.69) is 31.3 Å². The van der Waals surface area contributed by atoms with E-state index in [-0.39, 0.29) is 18.5 Å². The van der Waals surface area contributed by atoms with Gasteiger partial charge in [0.15, 0.2) is 0 Å². The number of allylic oxidation sites excluding steroid dienone is 2. The van der Waals surface area contributed by atoms with E-state index in [0.717, 1.165) is 44.9 Å². The van der Waals surface area contributed by atoms with Crippen molar-refractivity contribution in [3.05, 3.63) is 12.2 Å². The summed E-state index contributed by atoms with van der Waals surface area (Å²) in [6.45, 7) is 5.00. The number of amides is 1. The molecule has 0 aromatic heterocycles. The number of carbonyl (C=O) groups excluding carboxylic acids is 2. The van der Waals surface area contributed by atoms with Crippen molar-refractivity contribution in [1.82, 2.24) is 5.32 Å². The quantitative estimate of drug-likeness (QED) is 0.0320. The normalized spacial score (nSPS) is 12.5. The lowest BCUT2D eigenvalue weighted by Gasteiger charge is -2.22. The van der Waals surface area contributed by atoms with Crippen LogP contribution in [0.3, 0.4) is 0 Å². The van der Waals surface area contributed by atoms with Crippen molar-refractivity contribution in [3.8, 4) is 0 Å². The van der Waals surface area contributed by atoms with Crippen LogP contribution < -0.4 is 5.32 Å². The van der Waals surface area contributed by atoms with Crippen LogP contribution in [-0.4, -0.2) is 47.4 Å². The Labute approximate surface area is 527 Å². The number of ether oxygens (including phenoxy) is 1. The first kappa shape index (κ1) is 82.6. The van der Waals surface area contributed by atoms with Crippen molar-refractivity contribution >= 4 is 11.9 Å². The maximum atomic E-state index is 12.6. The molecule has 0 saturated heterocycles. The summed E-state index contributed by atoms with van der Waals surface area (Å²) in [6, 6.07) is -0.539. The van der Waals surface area contributed by atoms with Gasteiger partial charge in [0.2, 0.25) is 5.91 Å². The van der Waals surface area contributed by atoms with Crippen LogP contribution in [0.25, 0.3) is 0 Å². The Balaban J connectivity index is 3.33. The molecule has 0 aliphatic rings. The van der Waals surface area contributed by atoms with E-state index in [1.54, 1.807) is 0 Å². The molecule has 6 heteroatoms. The molecule has 0 heterocycles. The predicted octanol–water partition coefficient (Wildman–Crippen LogP) is 25.5. The van der Waals surface area contributed by atoms with Gasteiger partial charge in [0.1, 0.15) is 0 Å². The van der Waals surface area contributed by atoms with Crippen LogP contribution in [0.1, 0.15) is 450 Å². The van der Waals surface area contributed by atoms with Gasteiger partial charge >= 0.3 is 5.97 Å².